The fourth-order valence-corrected chi connectivity index (χ4v) is 2.62. The number of nitrogens with one attached hydrogen (secondary N) is 3. The Morgan fingerprint density at radius 2 is 1.90 bits per heavy atom. The SMILES string of the molecule is CC(C)Oc1cc(Nc2ccc([N+](=O)[O-])c(NC(C)c3ccc(F)cc3)n2)[nH]n1. The summed E-state index contributed by atoms with van der Waals surface area (Å²) in [6.07, 6.45) is -0.0209. The van der Waals surface area contributed by atoms with E-state index >= 15 is 0 Å². The quantitative estimate of drug-likeness (QED) is 0.375. The van der Waals surface area contributed by atoms with Crippen molar-refractivity contribution < 1.29 is 14.1 Å². The molecule has 3 rings (SSSR count). The van der Waals surface area contributed by atoms with Crippen molar-refractivity contribution in [1.82, 2.24) is 15.2 Å². The summed E-state index contributed by atoms with van der Waals surface area (Å²) in [5.41, 5.74) is 0.600. The molecule has 0 amide bonds. The van der Waals surface area contributed by atoms with E-state index in [4.69, 9.17) is 4.74 Å². The van der Waals surface area contributed by atoms with Crippen molar-refractivity contribution in [1.29, 1.82) is 0 Å². The van der Waals surface area contributed by atoms with Crippen molar-refractivity contribution in [3.63, 3.8) is 0 Å². The zero-order chi connectivity index (χ0) is 21.0. The van der Waals surface area contributed by atoms with Gasteiger partial charge in [-0.25, -0.2) is 9.37 Å². The Hall–Kier alpha value is -3.69. The number of aromatic amines is 1. The molecule has 0 spiro atoms. The molecule has 10 heteroatoms. The van der Waals surface area contributed by atoms with E-state index in [0.29, 0.717) is 17.5 Å². The largest absolute Gasteiger partial charge is 0.474 e. The minimum Gasteiger partial charge on any atom is -0.474 e. The van der Waals surface area contributed by atoms with Crippen LogP contribution in [0.2, 0.25) is 0 Å². The molecule has 0 fully saturated rings. The third-order valence-corrected chi connectivity index (χ3v) is 3.97. The Balaban J connectivity index is 1.81. The normalized spacial score (nSPS) is 11.9. The van der Waals surface area contributed by atoms with Crippen LogP contribution in [0, 0.1) is 15.9 Å². The van der Waals surface area contributed by atoms with Crippen LogP contribution in [0.3, 0.4) is 0 Å². The van der Waals surface area contributed by atoms with Gasteiger partial charge in [-0.15, -0.1) is 5.10 Å². The van der Waals surface area contributed by atoms with Crippen LogP contribution >= 0.6 is 0 Å². The molecular weight excluding hydrogens is 379 g/mol. The van der Waals surface area contributed by atoms with Gasteiger partial charge in [0.1, 0.15) is 17.5 Å². The number of hydrogen-bond donors (Lipinski definition) is 3. The average Bonchev–Trinajstić information content (AvgIpc) is 3.08. The first-order chi connectivity index (χ1) is 13.8. The van der Waals surface area contributed by atoms with E-state index < -0.39 is 4.92 Å². The summed E-state index contributed by atoms with van der Waals surface area (Å²) in [6, 6.07) is 10.1. The van der Waals surface area contributed by atoms with Crippen molar-refractivity contribution in [2.75, 3.05) is 10.6 Å². The van der Waals surface area contributed by atoms with Crippen molar-refractivity contribution in [2.45, 2.75) is 32.9 Å². The number of halogens is 1. The summed E-state index contributed by atoms with van der Waals surface area (Å²) in [5, 5.41) is 24.2. The lowest BCUT2D eigenvalue weighted by Gasteiger charge is -2.15. The van der Waals surface area contributed by atoms with Crippen molar-refractivity contribution in [2.24, 2.45) is 0 Å². The number of nitro groups is 1. The third-order valence-electron chi connectivity index (χ3n) is 3.97. The smallest absolute Gasteiger partial charge is 0.311 e. The number of rotatable bonds is 8. The maximum absolute atomic E-state index is 13.1. The summed E-state index contributed by atoms with van der Waals surface area (Å²) < 4.78 is 18.6. The van der Waals surface area contributed by atoms with E-state index in [1.165, 1.54) is 24.3 Å². The first-order valence-corrected chi connectivity index (χ1v) is 8.98. The number of anilines is 3. The summed E-state index contributed by atoms with van der Waals surface area (Å²) in [6.45, 7) is 5.59. The molecule has 1 unspecified atom stereocenters. The Kier molecular flexibility index (Phi) is 5.91. The molecule has 152 valence electrons. The van der Waals surface area contributed by atoms with Crippen molar-refractivity contribution in [3.8, 4) is 5.88 Å². The molecule has 1 atom stereocenters. The lowest BCUT2D eigenvalue weighted by atomic mass is 10.1. The number of aromatic nitrogens is 3. The molecule has 0 saturated carbocycles. The van der Waals surface area contributed by atoms with Crippen LogP contribution in [-0.4, -0.2) is 26.2 Å². The van der Waals surface area contributed by atoms with Crippen LogP contribution in [0.1, 0.15) is 32.4 Å². The van der Waals surface area contributed by atoms with E-state index in [0.717, 1.165) is 5.56 Å². The minimum atomic E-state index is -0.513. The van der Waals surface area contributed by atoms with Gasteiger partial charge in [0.15, 0.2) is 0 Å². The maximum atomic E-state index is 13.1. The van der Waals surface area contributed by atoms with Crippen molar-refractivity contribution >= 4 is 23.1 Å². The van der Waals surface area contributed by atoms with Gasteiger partial charge in [0.25, 0.3) is 0 Å². The summed E-state index contributed by atoms with van der Waals surface area (Å²) in [7, 11) is 0. The predicted octanol–water partition coefficient (Wildman–Crippen LogP) is 4.56. The van der Waals surface area contributed by atoms with Crippen LogP contribution in [0.5, 0.6) is 5.88 Å². The van der Waals surface area contributed by atoms with Gasteiger partial charge in [0.05, 0.1) is 17.1 Å². The number of hydrogen-bond acceptors (Lipinski definition) is 7. The van der Waals surface area contributed by atoms with Crippen LogP contribution in [-0.2, 0) is 0 Å². The maximum Gasteiger partial charge on any atom is 0.311 e. The highest BCUT2D eigenvalue weighted by molar-refractivity contribution is 5.63. The van der Waals surface area contributed by atoms with Gasteiger partial charge >= 0.3 is 5.69 Å². The predicted molar refractivity (Wildman–Crippen MR) is 107 cm³/mol. The Morgan fingerprint density at radius 1 is 1.17 bits per heavy atom. The van der Waals surface area contributed by atoms with Gasteiger partial charge in [-0.3, -0.25) is 15.2 Å². The van der Waals surface area contributed by atoms with E-state index in [1.54, 1.807) is 18.2 Å². The van der Waals surface area contributed by atoms with Crippen LogP contribution in [0.4, 0.5) is 27.5 Å². The fraction of sp³-hybridized carbons (Fsp3) is 0.263. The van der Waals surface area contributed by atoms with Gasteiger partial charge in [-0.2, -0.15) is 0 Å². The van der Waals surface area contributed by atoms with Gasteiger partial charge in [0, 0.05) is 12.1 Å². The highest BCUT2D eigenvalue weighted by Gasteiger charge is 2.19. The topological polar surface area (TPSA) is 118 Å². The second kappa shape index (κ2) is 8.55. The second-order valence-corrected chi connectivity index (χ2v) is 6.65. The number of nitrogens with zero attached hydrogens (tertiary/aromatic N) is 3. The molecule has 0 radical (unpaired) electrons. The first kappa shape index (κ1) is 20.1. The average molecular weight is 400 g/mol. The molecule has 0 aliphatic heterocycles. The molecule has 9 nitrogen and oxygen atoms in total. The van der Waals surface area contributed by atoms with Crippen LogP contribution in [0.25, 0.3) is 0 Å². The molecule has 3 aromatic rings. The molecular formula is C19H21FN6O3. The molecule has 29 heavy (non-hydrogen) atoms. The van der Waals surface area contributed by atoms with Gasteiger partial charge in [-0.05, 0) is 44.5 Å². The van der Waals surface area contributed by atoms with E-state index in [2.05, 4.69) is 25.8 Å². The van der Waals surface area contributed by atoms with Gasteiger partial charge in [-0.1, -0.05) is 12.1 Å². The molecule has 0 saturated heterocycles. The lowest BCUT2D eigenvalue weighted by molar-refractivity contribution is -0.384. The monoisotopic (exact) mass is 400 g/mol. The molecule has 2 heterocycles. The number of ether oxygens (including phenoxy) is 1. The summed E-state index contributed by atoms with van der Waals surface area (Å²) >= 11 is 0. The van der Waals surface area contributed by atoms with Crippen LogP contribution < -0.4 is 15.4 Å². The highest BCUT2D eigenvalue weighted by atomic mass is 19.1. The minimum absolute atomic E-state index is 0.0209. The Bertz CT molecular complexity index is 990. The molecule has 3 N–H and O–H groups in total. The number of benzene rings is 1. The Morgan fingerprint density at radius 3 is 2.55 bits per heavy atom. The molecule has 0 aliphatic carbocycles. The first-order valence-electron chi connectivity index (χ1n) is 8.98. The number of pyridine rings is 1. The molecule has 1 aromatic carbocycles. The Labute approximate surface area is 166 Å². The third kappa shape index (κ3) is 5.18. The summed E-state index contributed by atoms with van der Waals surface area (Å²) in [4.78, 5) is 15.2. The zero-order valence-corrected chi connectivity index (χ0v) is 16.1. The molecule has 0 bridgehead atoms. The lowest BCUT2D eigenvalue weighted by Crippen LogP contribution is -2.10. The van der Waals surface area contributed by atoms with Crippen molar-refractivity contribution in [3.05, 3.63) is 64.0 Å². The summed E-state index contributed by atoms with van der Waals surface area (Å²) in [5.74, 6) is 1.07. The molecule has 2 aromatic heterocycles. The second-order valence-electron chi connectivity index (χ2n) is 6.65. The van der Waals surface area contributed by atoms with E-state index in [-0.39, 0.29) is 29.5 Å². The van der Waals surface area contributed by atoms with E-state index in [9.17, 15) is 14.5 Å². The van der Waals surface area contributed by atoms with Gasteiger partial charge < -0.3 is 15.4 Å². The van der Waals surface area contributed by atoms with Crippen LogP contribution in [0.15, 0.2) is 42.5 Å². The highest BCUT2D eigenvalue weighted by Crippen LogP contribution is 2.29. The van der Waals surface area contributed by atoms with Gasteiger partial charge in [0.2, 0.25) is 11.7 Å². The zero-order valence-electron chi connectivity index (χ0n) is 16.1. The molecule has 0 aliphatic rings. The number of H-pyrrole nitrogens is 1. The standard InChI is InChI=1S/C19H21FN6O3/c1-11(2)29-18-10-17(24-25-18)22-16-9-8-15(26(27)28)19(23-16)21-12(3)13-4-6-14(20)7-5-13/h4-12H,1-3H3,(H3,21,22,23,24,25). The van der Waals surface area contributed by atoms with E-state index in [1.807, 2.05) is 20.8 Å². The fourth-order valence-electron chi connectivity index (χ4n) is 2.62.